The number of esters is 1. The molecule has 0 saturated heterocycles. The molecule has 8 nitrogen and oxygen atoms in total. The highest BCUT2D eigenvalue weighted by atomic mass is 32.1. The smallest absolute Gasteiger partial charge is 0.413 e. The molecule has 0 aliphatic heterocycles. The predicted octanol–water partition coefficient (Wildman–Crippen LogP) is 4.26. The monoisotopic (exact) mass is 430 g/mol. The number of carbonyl (C=O) groups excluding carboxylic acids is 2. The Kier molecular flexibility index (Phi) is 8.76. The van der Waals surface area contributed by atoms with Crippen LogP contribution in [0.4, 0.5) is 9.93 Å². The summed E-state index contributed by atoms with van der Waals surface area (Å²) < 4.78 is 10.1. The average Bonchev–Trinajstić information content (AvgIpc) is 3.19. The van der Waals surface area contributed by atoms with Crippen LogP contribution in [-0.4, -0.2) is 34.7 Å². The molecule has 2 aromatic rings. The summed E-state index contributed by atoms with van der Waals surface area (Å²) in [5.41, 5.74) is 1.69. The van der Waals surface area contributed by atoms with Gasteiger partial charge in [0.15, 0.2) is 5.13 Å². The van der Waals surface area contributed by atoms with Gasteiger partial charge in [-0.15, -0.1) is 11.3 Å². The van der Waals surface area contributed by atoms with Crippen molar-refractivity contribution in [3.63, 3.8) is 0 Å². The van der Waals surface area contributed by atoms with Crippen LogP contribution in [0, 0.1) is 0 Å². The highest BCUT2D eigenvalue weighted by Crippen LogP contribution is 2.22. The fourth-order valence-electron chi connectivity index (χ4n) is 2.12. The van der Waals surface area contributed by atoms with Crippen molar-refractivity contribution in [1.82, 2.24) is 4.98 Å². The minimum absolute atomic E-state index is 0.0972. The molecule has 0 atom stereocenters. The first-order valence-electron chi connectivity index (χ1n) is 9.03. The Bertz CT molecular complexity index is 949. The van der Waals surface area contributed by atoms with Crippen LogP contribution >= 0.6 is 11.3 Å². The Morgan fingerprint density at radius 1 is 1.20 bits per heavy atom. The van der Waals surface area contributed by atoms with Gasteiger partial charge in [-0.2, -0.15) is 0 Å². The first-order valence-corrected chi connectivity index (χ1v) is 9.91. The Labute approximate surface area is 177 Å². The number of benzene rings is 1. The van der Waals surface area contributed by atoms with Gasteiger partial charge in [-0.3, -0.25) is 10.1 Å². The molecular weight excluding hydrogens is 408 g/mol. The van der Waals surface area contributed by atoms with E-state index in [4.69, 9.17) is 9.47 Å². The standard InChI is InChI=1S/C21H22N2O6S/c1-3-14(2)11-28-18(24)10-9-16(19(25)26)17-13-30-20(22-17)23-21(27)29-12-15-7-5-4-6-8-15/h3-9,13H,10-12H2,1-2H3,(H,25,26)(H,22,23,27)/b14-3?,16-9+. The number of hydrogen-bond donors (Lipinski definition) is 2. The molecule has 0 fully saturated rings. The van der Waals surface area contributed by atoms with Gasteiger partial charge in [-0.25, -0.2) is 14.6 Å². The van der Waals surface area contributed by atoms with Crippen LogP contribution in [0.3, 0.4) is 0 Å². The lowest BCUT2D eigenvalue weighted by molar-refractivity contribution is -0.141. The summed E-state index contributed by atoms with van der Waals surface area (Å²) in [6.07, 6.45) is 2.14. The number of thiazole rings is 1. The van der Waals surface area contributed by atoms with Gasteiger partial charge in [0.2, 0.25) is 0 Å². The summed E-state index contributed by atoms with van der Waals surface area (Å²) in [5, 5.41) is 13.5. The van der Waals surface area contributed by atoms with Crippen molar-refractivity contribution in [2.45, 2.75) is 26.9 Å². The Balaban J connectivity index is 1.94. The molecule has 2 N–H and O–H groups in total. The lowest BCUT2D eigenvalue weighted by Gasteiger charge is -2.05. The molecule has 1 aromatic heterocycles. The maximum atomic E-state index is 11.9. The number of carbonyl (C=O) groups is 3. The van der Waals surface area contributed by atoms with Crippen LogP contribution < -0.4 is 5.32 Å². The van der Waals surface area contributed by atoms with E-state index in [-0.39, 0.29) is 36.0 Å². The first kappa shape index (κ1) is 22.8. The molecular formula is C21H22N2O6S. The third-order valence-corrected chi connectivity index (χ3v) is 4.62. The second-order valence-corrected chi connectivity index (χ2v) is 7.01. The van der Waals surface area contributed by atoms with Crippen LogP contribution in [0.15, 0.2) is 53.4 Å². The van der Waals surface area contributed by atoms with Gasteiger partial charge < -0.3 is 14.6 Å². The van der Waals surface area contributed by atoms with E-state index in [1.807, 2.05) is 50.3 Å². The highest BCUT2D eigenvalue weighted by molar-refractivity contribution is 7.14. The third kappa shape index (κ3) is 7.51. The van der Waals surface area contributed by atoms with Crippen molar-refractivity contribution >= 4 is 40.1 Å². The Hall–Kier alpha value is -3.46. The maximum absolute atomic E-state index is 11.9. The summed E-state index contributed by atoms with van der Waals surface area (Å²) in [6, 6.07) is 9.17. The number of aliphatic carboxylic acids is 1. The number of carboxylic acid groups (broad SMARTS) is 1. The quantitative estimate of drug-likeness (QED) is 0.347. The van der Waals surface area contributed by atoms with Crippen molar-refractivity contribution in [1.29, 1.82) is 0 Å². The summed E-state index contributed by atoms with van der Waals surface area (Å²) in [5.74, 6) is -1.79. The van der Waals surface area contributed by atoms with Gasteiger partial charge in [0.05, 0.1) is 17.7 Å². The predicted molar refractivity (Wildman–Crippen MR) is 113 cm³/mol. The van der Waals surface area contributed by atoms with Gasteiger partial charge in [0.1, 0.15) is 13.2 Å². The molecule has 0 spiro atoms. The van der Waals surface area contributed by atoms with Crippen LogP contribution in [0.25, 0.3) is 5.57 Å². The zero-order valence-corrected chi connectivity index (χ0v) is 17.4. The summed E-state index contributed by atoms with van der Waals surface area (Å²) in [7, 11) is 0. The molecule has 30 heavy (non-hydrogen) atoms. The number of allylic oxidation sites excluding steroid dienone is 1. The normalized spacial score (nSPS) is 11.7. The van der Waals surface area contributed by atoms with E-state index in [0.717, 1.165) is 22.5 Å². The van der Waals surface area contributed by atoms with E-state index in [1.54, 1.807) is 0 Å². The Morgan fingerprint density at radius 3 is 2.60 bits per heavy atom. The van der Waals surface area contributed by atoms with Gasteiger partial charge in [0, 0.05) is 5.38 Å². The minimum Gasteiger partial charge on any atom is -0.478 e. The Morgan fingerprint density at radius 2 is 1.93 bits per heavy atom. The van der Waals surface area contributed by atoms with Crippen molar-refractivity contribution in [3.05, 3.63) is 64.7 Å². The number of anilines is 1. The van der Waals surface area contributed by atoms with Gasteiger partial charge in [-0.05, 0) is 25.0 Å². The van der Waals surface area contributed by atoms with Crippen molar-refractivity contribution in [2.24, 2.45) is 0 Å². The van der Waals surface area contributed by atoms with E-state index < -0.39 is 18.0 Å². The lowest BCUT2D eigenvalue weighted by atomic mass is 10.1. The fraction of sp³-hybridized carbons (Fsp3) is 0.238. The van der Waals surface area contributed by atoms with Gasteiger partial charge in [-0.1, -0.05) is 42.5 Å². The van der Waals surface area contributed by atoms with Crippen molar-refractivity contribution < 1.29 is 29.0 Å². The number of rotatable bonds is 9. The molecule has 0 unspecified atom stereocenters. The highest BCUT2D eigenvalue weighted by Gasteiger charge is 2.16. The molecule has 0 aliphatic carbocycles. The number of amides is 1. The van der Waals surface area contributed by atoms with Crippen LogP contribution in [-0.2, 0) is 25.7 Å². The van der Waals surface area contributed by atoms with E-state index in [1.165, 1.54) is 11.5 Å². The third-order valence-electron chi connectivity index (χ3n) is 3.86. The topological polar surface area (TPSA) is 115 Å². The maximum Gasteiger partial charge on any atom is 0.413 e. The lowest BCUT2D eigenvalue weighted by Crippen LogP contribution is -2.13. The fourth-order valence-corrected chi connectivity index (χ4v) is 2.82. The molecule has 1 heterocycles. The van der Waals surface area contributed by atoms with Crippen molar-refractivity contribution in [2.75, 3.05) is 11.9 Å². The number of hydrogen-bond acceptors (Lipinski definition) is 7. The number of aromatic nitrogens is 1. The zero-order valence-electron chi connectivity index (χ0n) is 16.6. The van der Waals surface area contributed by atoms with E-state index in [0.29, 0.717) is 0 Å². The summed E-state index contributed by atoms with van der Waals surface area (Å²) in [6.45, 7) is 3.90. The SMILES string of the molecule is CC=C(C)COC(=O)C/C=C(/C(=O)O)c1csc(NC(=O)OCc2ccccc2)n1. The largest absolute Gasteiger partial charge is 0.478 e. The summed E-state index contributed by atoms with van der Waals surface area (Å²) >= 11 is 1.05. The molecule has 9 heteroatoms. The molecule has 1 aromatic carbocycles. The van der Waals surface area contributed by atoms with Gasteiger partial charge in [0.25, 0.3) is 0 Å². The number of ether oxygens (including phenoxy) is 2. The van der Waals surface area contributed by atoms with E-state index in [9.17, 15) is 19.5 Å². The second-order valence-electron chi connectivity index (χ2n) is 6.15. The number of nitrogens with zero attached hydrogens (tertiary/aromatic N) is 1. The van der Waals surface area contributed by atoms with Crippen molar-refractivity contribution in [3.8, 4) is 0 Å². The molecule has 1 amide bonds. The van der Waals surface area contributed by atoms with Gasteiger partial charge >= 0.3 is 18.0 Å². The molecule has 0 saturated carbocycles. The second kappa shape index (κ2) is 11.5. The average molecular weight is 430 g/mol. The molecule has 0 bridgehead atoms. The molecule has 158 valence electrons. The number of carboxylic acids is 1. The van der Waals surface area contributed by atoms with E-state index >= 15 is 0 Å². The molecule has 0 radical (unpaired) electrons. The van der Waals surface area contributed by atoms with Crippen LogP contribution in [0.5, 0.6) is 0 Å². The van der Waals surface area contributed by atoms with Crippen LogP contribution in [0.1, 0.15) is 31.5 Å². The molecule has 2 rings (SSSR count). The first-order chi connectivity index (χ1) is 14.4. The zero-order chi connectivity index (χ0) is 21.9. The number of nitrogens with one attached hydrogen (secondary N) is 1. The summed E-state index contributed by atoms with van der Waals surface area (Å²) in [4.78, 5) is 39.3. The van der Waals surface area contributed by atoms with Crippen LogP contribution in [0.2, 0.25) is 0 Å². The van der Waals surface area contributed by atoms with E-state index in [2.05, 4.69) is 10.3 Å². The molecule has 0 aliphatic rings. The minimum atomic E-state index is -1.24.